The van der Waals surface area contributed by atoms with Gasteiger partial charge in [-0.3, -0.25) is 10.1 Å². The maximum absolute atomic E-state index is 11.1. The van der Waals surface area contributed by atoms with E-state index in [0.717, 1.165) is 11.3 Å². The third kappa shape index (κ3) is 2.27. The summed E-state index contributed by atoms with van der Waals surface area (Å²) in [6, 6.07) is 10.0. The van der Waals surface area contributed by atoms with Gasteiger partial charge in [-0.25, -0.2) is 4.68 Å². The second-order valence-corrected chi connectivity index (χ2v) is 4.71. The van der Waals surface area contributed by atoms with E-state index >= 15 is 0 Å². The number of fused-ring (bicyclic) bond motifs is 1. The lowest BCUT2D eigenvalue weighted by molar-refractivity contribution is -0.114. The van der Waals surface area contributed by atoms with E-state index in [4.69, 9.17) is 0 Å². The van der Waals surface area contributed by atoms with Crippen LogP contribution in [-0.4, -0.2) is 20.7 Å². The maximum Gasteiger partial charge on any atom is 0.250 e. The summed E-state index contributed by atoms with van der Waals surface area (Å²) in [5.74, 6) is 0.750. The minimum Gasteiger partial charge on any atom is -0.329 e. The summed E-state index contributed by atoms with van der Waals surface area (Å²) in [5, 5.41) is 10.1. The number of nitrogens with one attached hydrogen (secondary N) is 2. The molecular formula is C14H15N5O. The highest BCUT2D eigenvalue weighted by Gasteiger charge is 2.23. The Bertz CT molecular complexity index is 674. The van der Waals surface area contributed by atoms with Gasteiger partial charge < -0.3 is 5.32 Å². The smallest absolute Gasteiger partial charge is 0.250 e. The number of nitrogens with zero attached hydrogens (tertiary/aromatic N) is 3. The zero-order chi connectivity index (χ0) is 14.1. The number of carbonyl (C=O) groups excluding carboxylic acids is 1. The van der Waals surface area contributed by atoms with Crippen molar-refractivity contribution >= 4 is 17.8 Å². The lowest BCUT2D eigenvalue weighted by atomic mass is 10.1. The van der Waals surface area contributed by atoms with Crippen molar-refractivity contribution in [1.29, 1.82) is 0 Å². The Morgan fingerprint density at radius 2 is 2.10 bits per heavy atom. The first-order valence-electron chi connectivity index (χ1n) is 6.38. The Morgan fingerprint density at radius 1 is 1.35 bits per heavy atom. The first-order chi connectivity index (χ1) is 9.63. The molecule has 1 unspecified atom stereocenters. The number of allylic oxidation sites excluding steroid dienone is 2. The van der Waals surface area contributed by atoms with Crippen molar-refractivity contribution in [3.63, 3.8) is 0 Å². The predicted octanol–water partition coefficient (Wildman–Crippen LogP) is 2.16. The van der Waals surface area contributed by atoms with Gasteiger partial charge in [0.15, 0.2) is 0 Å². The van der Waals surface area contributed by atoms with E-state index in [2.05, 4.69) is 26.8 Å². The number of amides is 1. The molecular weight excluding hydrogens is 254 g/mol. The molecule has 2 aromatic rings. The van der Waals surface area contributed by atoms with Crippen molar-refractivity contribution in [1.82, 2.24) is 14.8 Å². The minimum atomic E-state index is -0.186. The molecule has 1 aromatic carbocycles. The fraction of sp³-hybridized carbons (Fsp3) is 0.214. The van der Waals surface area contributed by atoms with Crippen LogP contribution in [0.1, 0.15) is 25.5 Å². The second-order valence-electron chi connectivity index (χ2n) is 4.71. The molecule has 1 atom stereocenters. The van der Waals surface area contributed by atoms with E-state index in [1.807, 2.05) is 37.3 Å². The monoisotopic (exact) mass is 269 g/mol. The number of benzene rings is 1. The van der Waals surface area contributed by atoms with Gasteiger partial charge in [0.1, 0.15) is 6.04 Å². The summed E-state index contributed by atoms with van der Waals surface area (Å²) in [5.41, 5.74) is 2.13. The van der Waals surface area contributed by atoms with Crippen LogP contribution < -0.4 is 10.6 Å². The average molecular weight is 269 g/mol. The third-order valence-electron chi connectivity index (χ3n) is 3.04. The lowest BCUT2D eigenvalue weighted by Gasteiger charge is -2.22. The fourth-order valence-corrected chi connectivity index (χ4v) is 2.23. The SMILES string of the molecule is CC(=O)Nc1nc2n(n1)C(c1ccccc1)C=C(C)N2. The van der Waals surface area contributed by atoms with E-state index in [1.165, 1.54) is 6.92 Å². The molecule has 2 N–H and O–H groups in total. The Kier molecular flexibility index (Phi) is 2.98. The van der Waals surface area contributed by atoms with Gasteiger partial charge >= 0.3 is 0 Å². The number of aromatic nitrogens is 3. The number of carbonyl (C=O) groups is 1. The van der Waals surface area contributed by atoms with Crippen LogP contribution in [0.2, 0.25) is 0 Å². The molecule has 1 aliphatic heterocycles. The maximum atomic E-state index is 11.1. The van der Waals surface area contributed by atoms with Crippen molar-refractivity contribution in [3.8, 4) is 0 Å². The molecule has 1 amide bonds. The molecule has 2 heterocycles. The molecule has 20 heavy (non-hydrogen) atoms. The molecule has 6 heteroatoms. The van der Waals surface area contributed by atoms with Crippen LogP contribution in [-0.2, 0) is 4.79 Å². The second kappa shape index (κ2) is 4.80. The van der Waals surface area contributed by atoms with Crippen LogP contribution in [0.25, 0.3) is 0 Å². The van der Waals surface area contributed by atoms with Gasteiger partial charge in [-0.1, -0.05) is 30.3 Å². The van der Waals surface area contributed by atoms with E-state index in [1.54, 1.807) is 4.68 Å². The molecule has 1 aromatic heterocycles. The Hall–Kier alpha value is -2.63. The molecule has 102 valence electrons. The highest BCUT2D eigenvalue weighted by Crippen LogP contribution is 2.29. The van der Waals surface area contributed by atoms with Gasteiger partial charge in [0.2, 0.25) is 11.9 Å². The molecule has 1 aliphatic rings. The van der Waals surface area contributed by atoms with Crippen molar-refractivity contribution < 1.29 is 4.79 Å². The first-order valence-corrected chi connectivity index (χ1v) is 6.38. The predicted molar refractivity (Wildman–Crippen MR) is 76.3 cm³/mol. The van der Waals surface area contributed by atoms with Gasteiger partial charge in [0.25, 0.3) is 5.95 Å². The summed E-state index contributed by atoms with van der Waals surface area (Å²) in [6.45, 7) is 3.41. The topological polar surface area (TPSA) is 71.8 Å². The van der Waals surface area contributed by atoms with Crippen molar-refractivity contribution in [2.75, 3.05) is 10.6 Å². The number of anilines is 2. The summed E-state index contributed by atoms with van der Waals surface area (Å²) in [4.78, 5) is 15.4. The zero-order valence-electron chi connectivity index (χ0n) is 11.3. The van der Waals surface area contributed by atoms with E-state index < -0.39 is 0 Å². The lowest BCUT2D eigenvalue weighted by Crippen LogP contribution is -2.19. The Morgan fingerprint density at radius 3 is 2.80 bits per heavy atom. The number of hydrogen-bond acceptors (Lipinski definition) is 4. The van der Waals surface area contributed by atoms with Crippen LogP contribution in [0, 0.1) is 0 Å². The van der Waals surface area contributed by atoms with E-state index in [0.29, 0.717) is 11.9 Å². The normalized spacial score (nSPS) is 16.9. The number of rotatable bonds is 2. The standard InChI is InChI=1S/C14H15N5O/c1-9-8-12(11-6-4-3-5-7-11)19-14(15-9)17-13(18-19)16-10(2)20/h3-8,12H,1-2H3,(H2,15,16,17,18,20). The molecule has 0 fully saturated rings. The summed E-state index contributed by atoms with van der Waals surface area (Å²) >= 11 is 0. The zero-order valence-corrected chi connectivity index (χ0v) is 11.3. The Labute approximate surface area is 116 Å². The third-order valence-corrected chi connectivity index (χ3v) is 3.04. The van der Waals surface area contributed by atoms with Gasteiger partial charge in [-0.2, -0.15) is 4.98 Å². The molecule has 0 bridgehead atoms. The van der Waals surface area contributed by atoms with Crippen LogP contribution in [0.5, 0.6) is 0 Å². The highest BCUT2D eigenvalue weighted by atomic mass is 16.1. The largest absolute Gasteiger partial charge is 0.329 e. The molecule has 0 saturated heterocycles. The van der Waals surface area contributed by atoms with E-state index in [9.17, 15) is 4.79 Å². The minimum absolute atomic E-state index is 0.0255. The van der Waals surface area contributed by atoms with Crippen LogP contribution in [0.15, 0.2) is 42.1 Å². The van der Waals surface area contributed by atoms with Gasteiger partial charge in [-0.05, 0) is 18.6 Å². The quantitative estimate of drug-likeness (QED) is 0.876. The molecule has 0 aliphatic carbocycles. The van der Waals surface area contributed by atoms with Gasteiger partial charge in [-0.15, -0.1) is 5.10 Å². The fourth-order valence-electron chi connectivity index (χ4n) is 2.23. The Balaban J connectivity index is 2.02. The molecule has 3 rings (SSSR count). The van der Waals surface area contributed by atoms with E-state index in [-0.39, 0.29) is 11.9 Å². The summed E-state index contributed by atoms with van der Waals surface area (Å²) in [6.07, 6.45) is 2.08. The molecule has 6 nitrogen and oxygen atoms in total. The van der Waals surface area contributed by atoms with Crippen LogP contribution in [0.4, 0.5) is 11.9 Å². The molecule has 0 spiro atoms. The van der Waals surface area contributed by atoms with Gasteiger partial charge in [0.05, 0.1) is 0 Å². The average Bonchev–Trinajstić information content (AvgIpc) is 2.79. The first kappa shape index (κ1) is 12.4. The summed E-state index contributed by atoms with van der Waals surface area (Å²) < 4.78 is 1.77. The van der Waals surface area contributed by atoms with Crippen molar-refractivity contribution in [3.05, 3.63) is 47.7 Å². The van der Waals surface area contributed by atoms with Crippen molar-refractivity contribution in [2.45, 2.75) is 19.9 Å². The van der Waals surface area contributed by atoms with Gasteiger partial charge in [0, 0.05) is 12.6 Å². The van der Waals surface area contributed by atoms with Crippen LogP contribution >= 0.6 is 0 Å². The molecule has 0 saturated carbocycles. The van der Waals surface area contributed by atoms with Crippen molar-refractivity contribution in [2.24, 2.45) is 0 Å². The molecule has 0 radical (unpaired) electrons. The number of hydrogen-bond donors (Lipinski definition) is 2. The van der Waals surface area contributed by atoms with Crippen LogP contribution in [0.3, 0.4) is 0 Å². The highest BCUT2D eigenvalue weighted by molar-refractivity contribution is 5.86. The summed E-state index contributed by atoms with van der Waals surface area (Å²) in [7, 11) is 0.